The van der Waals surface area contributed by atoms with Gasteiger partial charge in [0.15, 0.2) is 0 Å². The molecule has 0 aliphatic carbocycles. The number of ketones is 1. The number of hydrogen-bond acceptors (Lipinski definition) is 4. The van der Waals surface area contributed by atoms with E-state index >= 15 is 0 Å². The van der Waals surface area contributed by atoms with E-state index < -0.39 is 0 Å². The van der Waals surface area contributed by atoms with Gasteiger partial charge in [-0.25, -0.2) is 4.98 Å². The SMILES string of the molecule is CC(=O)CCc1csc(C2CCCN(C)C2)n1. The number of carbonyl (C=O) groups excluding carboxylic acids is 1. The van der Waals surface area contributed by atoms with Crippen molar-refractivity contribution in [2.75, 3.05) is 20.1 Å². The number of hydrogen-bond donors (Lipinski definition) is 0. The quantitative estimate of drug-likeness (QED) is 0.825. The van der Waals surface area contributed by atoms with Crippen molar-refractivity contribution in [2.24, 2.45) is 0 Å². The second-order valence-corrected chi connectivity index (χ2v) is 5.87. The van der Waals surface area contributed by atoms with Crippen LogP contribution >= 0.6 is 11.3 Å². The van der Waals surface area contributed by atoms with E-state index in [1.165, 1.54) is 24.4 Å². The lowest BCUT2D eigenvalue weighted by molar-refractivity contribution is -0.116. The summed E-state index contributed by atoms with van der Waals surface area (Å²) in [6.07, 6.45) is 3.94. The second-order valence-electron chi connectivity index (χ2n) is 4.98. The Morgan fingerprint density at radius 1 is 1.65 bits per heavy atom. The highest BCUT2D eigenvalue weighted by Crippen LogP contribution is 2.28. The molecular weight excluding hydrogens is 232 g/mol. The van der Waals surface area contributed by atoms with Crippen LogP contribution < -0.4 is 0 Å². The predicted molar refractivity (Wildman–Crippen MR) is 70.6 cm³/mol. The Morgan fingerprint density at radius 2 is 2.47 bits per heavy atom. The fourth-order valence-corrected chi connectivity index (χ4v) is 3.28. The highest BCUT2D eigenvalue weighted by molar-refractivity contribution is 7.09. The molecular formula is C13H20N2OS. The summed E-state index contributed by atoms with van der Waals surface area (Å²) in [5.74, 6) is 0.849. The molecule has 1 aromatic heterocycles. The molecule has 0 saturated carbocycles. The van der Waals surface area contributed by atoms with Crippen LogP contribution in [-0.2, 0) is 11.2 Å². The standard InChI is InChI=1S/C13H20N2OS/c1-10(16)5-6-12-9-17-13(14-12)11-4-3-7-15(2)8-11/h9,11H,3-8H2,1-2H3. The van der Waals surface area contributed by atoms with Crippen molar-refractivity contribution < 1.29 is 4.79 Å². The van der Waals surface area contributed by atoms with Crippen molar-refractivity contribution in [2.45, 2.75) is 38.5 Å². The Morgan fingerprint density at radius 3 is 3.18 bits per heavy atom. The number of aromatic nitrogens is 1. The van der Waals surface area contributed by atoms with Crippen LogP contribution in [0, 0.1) is 0 Å². The molecule has 1 unspecified atom stereocenters. The fraction of sp³-hybridized carbons (Fsp3) is 0.692. The number of thiazole rings is 1. The maximum absolute atomic E-state index is 10.9. The van der Waals surface area contributed by atoms with Gasteiger partial charge in [-0.3, -0.25) is 0 Å². The molecule has 0 N–H and O–H groups in total. The predicted octanol–water partition coefficient (Wildman–Crippen LogP) is 2.47. The Labute approximate surface area is 107 Å². The van der Waals surface area contributed by atoms with E-state index in [1.807, 2.05) is 0 Å². The molecule has 0 amide bonds. The van der Waals surface area contributed by atoms with E-state index in [2.05, 4.69) is 22.3 Å². The summed E-state index contributed by atoms with van der Waals surface area (Å²) in [4.78, 5) is 18.0. The summed E-state index contributed by atoms with van der Waals surface area (Å²) in [7, 11) is 2.18. The number of carbonyl (C=O) groups is 1. The van der Waals surface area contributed by atoms with Crippen LogP contribution in [0.25, 0.3) is 0 Å². The highest BCUT2D eigenvalue weighted by atomic mass is 32.1. The zero-order valence-corrected chi connectivity index (χ0v) is 11.4. The molecule has 4 heteroatoms. The van der Waals surface area contributed by atoms with Crippen molar-refractivity contribution in [1.29, 1.82) is 0 Å². The van der Waals surface area contributed by atoms with E-state index in [0.717, 1.165) is 18.7 Å². The zero-order valence-electron chi connectivity index (χ0n) is 10.6. The molecule has 2 rings (SSSR count). The lowest BCUT2D eigenvalue weighted by Gasteiger charge is -2.28. The number of likely N-dealkylation sites (N-methyl/N-ethyl adjacent to an activating group) is 1. The molecule has 3 nitrogen and oxygen atoms in total. The molecule has 1 aromatic rings. The van der Waals surface area contributed by atoms with E-state index in [9.17, 15) is 4.79 Å². The summed E-state index contributed by atoms with van der Waals surface area (Å²) in [5, 5.41) is 3.38. The maximum Gasteiger partial charge on any atom is 0.130 e. The smallest absolute Gasteiger partial charge is 0.130 e. The number of aryl methyl sites for hydroxylation is 1. The second kappa shape index (κ2) is 5.74. The minimum Gasteiger partial charge on any atom is -0.306 e. The molecule has 2 heterocycles. The van der Waals surface area contributed by atoms with Gasteiger partial charge >= 0.3 is 0 Å². The third-order valence-corrected chi connectivity index (χ3v) is 4.33. The first-order valence-electron chi connectivity index (χ1n) is 6.27. The first-order chi connectivity index (χ1) is 8.15. The lowest BCUT2D eigenvalue weighted by Crippen LogP contribution is -2.30. The summed E-state index contributed by atoms with van der Waals surface area (Å²) in [6, 6.07) is 0. The molecule has 1 aliphatic rings. The van der Waals surface area contributed by atoms with Gasteiger partial charge in [0.05, 0.1) is 10.7 Å². The summed E-state index contributed by atoms with van der Waals surface area (Å²) in [6.45, 7) is 3.97. The van der Waals surface area contributed by atoms with Crippen molar-refractivity contribution in [1.82, 2.24) is 9.88 Å². The van der Waals surface area contributed by atoms with E-state index in [-0.39, 0.29) is 5.78 Å². The van der Waals surface area contributed by atoms with Crippen LogP contribution in [0.5, 0.6) is 0 Å². The minimum atomic E-state index is 0.247. The van der Waals surface area contributed by atoms with Crippen LogP contribution in [0.3, 0.4) is 0 Å². The van der Waals surface area contributed by atoms with Gasteiger partial charge in [-0.05, 0) is 39.8 Å². The summed E-state index contributed by atoms with van der Waals surface area (Å²) in [5.41, 5.74) is 1.09. The van der Waals surface area contributed by atoms with E-state index in [4.69, 9.17) is 0 Å². The zero-order chi connectivity index (χ0) is 12.3. The van der Waals surface area contributed by atoms with Crippen LogP contribution in [0.4, 0.5) is 0 Å². The molecule has 0 radical (unpaired) electrons. The fourth-order valence-electron chi connectivity index (χ4n) is 2.30. The monoisotopic (exact) mass is 252 g/mol. The first-order valence-corrected chi connectivity index (χ1v) is 7.15. The molecule has 1 fully saturated rings. The Kier molecular flexibility index (Phi) is 4.29. The van der Waals surface area contributed by atoms with Crippen molar-refractivity contribution in [3.05, 3.63) is 16.1 Å². The summed E-state index contributed by atoms with van der Waals surface area (Å²) < 4.78 is 0. The average Bonchev–Trinajstić information content (AvgIpc) is 2.75. The molecule has 94 valence electrons. The largest absolute Gasteiger partial charge is 0.306 e. The number of likely N-dealkylation sites (tertiary alicyclic amines) is 1. The molecule has 1 atom stereocenters. The number of nitrogens with zero attached hydrogens (tertiary/aromatic N) is 2. The van der Waals surface area contributed by atoms with Gasteiger partial charge in [0.1, 0.15) is 5.78 Å². The maximum atomic E-state index is 10.9. The normalized spacial score (nSPS) is 21.6. The van der Waals surface area contributed by atoms with Crippen molar-refractivity contribution in [3.8, 4) is 0 Å². The third kappa shape index (κ3) is 3.61. The molecule has 0 aromatic carbocycles. The molecule has 17 heavy (non-hydrogen) atoms. The van der Waals surface area contributed by atoms with Crippen molar-refractivity contribution in [3.63, 3.8) is 0 Å². The van der Waals surface area contributed by atoms with Gasteiger partial charge in [-0.2, -0.15) is 0 Å². The van der Waals surface area contributed by atoms with Gasteiger partial charge in [0.25, 0.3) is 0 Å². The van der Waals surface area contributed by atoms with Gasteiger partial charge in [-0.1, -0.05) is 0 Å². The summed E-state index contributed by atoms with van der Waals surface area (Å²) >= 11 is 1.76. The van der Waals surface area contributed by atoms with E-state index in [1.54, 1.807) is 18.3 Å². The van der Waals surface area contributed by atoms with Gasteiger partial charge < -0.3 is 9.69 Å². The van der Waals surface area contributed by atoms with Crippen molar-refractivity contribution >= 4 is 17.1 Å². The van der Waals surface area contributed by atoms with Crippen LogP contribution in [0.1, 0.15) is 42.8 Å². The lowest BCUT2D eigenvalue weighted by atomic mass is 9.99. The Bertz CT molecular complexity index is 389. The van der Waals surface area contributed by atoms with E-state index in [0.29, 0.717) is 12.3 Å². The first kappa shape index (κ1) is 12.7. The number of Topliss-reactive ketones (excluding diaryl/α,β-unsaturated/α-hetero) is 1. The Hall–Kier alpha value is -0.740. The molecule has 1 saturated heterocycles. The molecule has 0 bridgehead atoms. The number of piperidine rings is 1. The minimum absolute atomic E-state index is 0.247. The van der Waals surface area contributed by atoms with Gasteiger partial charge in [0, 0.05) is 24.3 Å². The molecule has 1 aliphatic heterocycles. The molecule has 0 spiro atoms. The van der Waals surface area contributed by atoms with Crippen LogP contribution in [0.15, 0.2) is 5.38 Å². The highest BCUT2D eigenvalue weighted by Gasteiger charge is 2.21. The average molecular weight is 252 g/mol. The van der Waals surface area contributed by atoms with Gasteiger partial charge in [-0.15, -0.1) is 11.3 Å². The Balaban J connectivity index is 1.95. The topological polar surface area (TPSA) is 33.2 Å². The van der Waals surface area contributed by atoms with Gasteiger partial charge in [0.2, 0.25) is 0 Å². The number of rotatable bonds is 4. The van der Waals surface area contributed by atoms with Crippen LogP contribution in [0.2, 0.25) is 0 Å². The van der Waals surface area contributed by atoms with Crippen LogP contribution in [-0.4, -0.2) is 35.8 Å². The third-order valence-electron chi connectivity index (χ3n) is 3.28.